The summed E-state index contributed by atoms with van der Waals surface area (Å²) in [5, 5.41) is 16.8. The first-order valence-electron chi connectivity index (χ1n) is 6.69. The molecule has 0 saturated heterocycles. The van der Waals surface area contributed by atoms with Crippen LogP contribution in [0, 0.1) is 10.1 Å². The molecule has 0 spiro atoms. The summed E-state index contributed by atoms with van der Waals surface area (Å²) in [6, 6.07) is 10.7. The fraction of sp³-hybridized carbons (Fsp3) is 0.133. The average molecular weight is 354 g/mol. The molecule has 2 N–H and O–H groups in total. The minimum atomic E-state index is -0.556. The Kier molecular flexibility index (Phi) is 5.78. The number of benzene rings is 2. The highest BCUT2D eigenvalue weighted by molar-refractivity contribution is 6.33. The van der Waals surface area contributed by atoms with E-state index in [-0.39, 0.29) is 16.4 Å². The molecule has 0 atom stereocenters. The average Bonchev–Trinajstić information content (AvgIpc) is 2.51. The van der Waals surface area contributed by atoms with E-state index in [4.69, 9.17) is 23.2 Å². The lowest BCUT2D eigenvalue weighted by atomic mass is 10.1. The third-order valence-electron chi connectivity index (χ3n) is 3.02. The molecule has 120 valence electrons. The minimum Gasteiger partial charge on any atom is -0.338 e. The summed E-state index contributed by atoms with van der Waals surface area (Å²) in [5.74, 6) is 0. The van der Waals surface area contributed by atoms with Crippen molar-refractivity contribution in [3.05, 3.63) is 68.2 Å². The van der Waals surface area contributed by atoms with Crippen LogP contribution in [0.15, 0.2) is 42.5 Å². The fourth-order valence-corrected chi connectivity index (χ4v) is 2.15. The maximum Gasteiger partial charge on any atom is 0.319 e. The number of amides is 2. The van der Waals surface area contributed by atoms with Gasteiger partial charge < -0.3 is 10.6 Å². The van der Waals surface area contributed by atoms with Crippen molar-refractivity contribution in [3.63, 3.8) is 0 Å². The molecule has 2 rings (SSSR count). The Morgan fingerprint density at radius 3 is 2.48 bits per heavy atom. The van der Waals surface area contributed by atoms with Crippen LogP contribution < -0.4 is 10.6 Å². The summed E-state index contributed by atoms with van der Waals surface area (Å²) in [6.45, 7) is 0.403. The van der Waals surface area contributed by atoms with Gasteiger partial charge in [-0.15, -0.1) is 0 Å². The van der Waals surface area contributed by atoms with Crippen molar-refractivity contribution in [2.24, 2.45) is 0 Å². The molecular formula is C15H13Cl2N3O3. The van der Waals surface area contributed by atoms with Crippen molar-refractivity contribution in [1.82, 2.24) is 5.32 Å². The highest BCUT2D eigenvalue weighted by Gasteiger charge is 2.11. The van der Waals surface area contributed by atoms with E-state index in [1.54, 1.807) is 12.1 Å². The van der Waals surface area contributed by atoms with E-state index >= 15 is 0 Å². The standard InChI is InChI=1S/C15H13Cl2N3O3/c16-11-3-1-10(2-4-11)7-8-18-15(21)19-14-9-12(20(22)23)5-6-13(14)17/h1-6,9H,7-8H2,(H2,18,19,21). The zero-order valence-corrected chi connectivity index (χ0v) is 13.4. The number of nitro groups is 1. The highest BCUT2D eigenvalue weighted by Crippen LogP contribution is 2.26. The van der Waals surface area contributed by atoms with Gasteiger partial charge in [0.05, 0.1) is 15.6 Å². The van der Waals surface area contributed by atoms with E-state index in [2.05, 4.69) is 10.6 Å². The molecule has 0 unspecified atom stereocenters. The Balaban J connectivity index is 1.88. The smallest absolute Gasteiger partial charge is 0.319 e. The summed E-state index contributed by atoms with van der Waals surface area (Å²) in [5.41, 5.74) is 1.07. The van der Waals surface area contributed by atoms with E-state index in [0.29, 0.717) is 18.0 Å². The lowest BCUT2D eigenvalue weighted by Gasteiger charge is -2.09. The molecule has 23 heavy (non-hydrogen) atoms. The molecule has 2 amide bonds. The van der Waals surface area contributed by atoms with Crippen LogP contribution in [0.4, 0.5) is 16.2 Å². The molecule has 0 heterocycles. The normalized spacial score (nSPS) is 10.2. The van der Waals surface area contributed by atoms with Crippen LogP contribution in [0.3, 0.4) is 0 Å². The molecule has 0 saturated carbocycles. The first kappa shape index (κ1) is 17.1. The van der Waals surface area contributed by atoms with Gasteiger partial charge in [0.2, 0.25) is 0 Å². The van der Waals surface area contributed by atoms with E-state index in [1.165, 1.54) is 18.2 Å². The Morgan fingerprint density at radius 2 is 1.83 bits per heavy atom. The molecule has 0 aliphatic rings. The van der Waals surface area contributed by atoms with Gasteiger partial charge in [0.1, 0.15) is 0 Å². The van der Waals surface area contributed by atoms with Crippen LogP contribution in [0.5, 0.6) is 0 Å². The van der Waals surface area contributed by atoms with E-state index in [9.17, 15) is 14.9 Å². The van der Waals surface area contributed by atoms with Crippen LogP contribution in [-0.2, 0) is 6.42 Å². The summed E-state index contributed by atoms with van der Waals surface area (Å²) in [7, 11) is 0. The predicted molar refractivity (Wildman–Crippen MR) is 90.3 cm³/mol. The highest BCUT2D eigenvalue weighted by atomic mass is 35.5. The van der Waals surface area contributed by atoms with Crippen LogP contribution in [0.25, 0.3) is 0 Å². The largest absolute Gasteiger partial charge is 0.338 e. The number of non-ortho nitro benzene ring substituents is 1. The molecule has 0 aromatic heterocycles. The second-order valence-corrected chi connectivity index (χ2v) is 5.52. The third kappa shape index (κ3) is 5.12. The molecule has 0 aliphatic heterocycles. The molecule has 0 bridgehead atoms. The maximum atomic E-state index is 11.8. The molecule has 2 aromatic carbocycles. The van der Waals surface area contributed by atoms with Gasteiger partial charge in [-0.25, -0.2) is 4.79 Å². The van der Waals surface area contributed by atoms with Gasteiger partial charge in [-0.2, -0.15) is 0 Å². The second kappa shape index (κ2) is 7.80. The molecule has 2 aromatic rings. The van der Waals surface area contributed by atoms with Crippen molar-refractivity contribution in [3.8, 4) is 0 Å². The lowest BCUT2D eigenvalue weighted by molar-refractivity contribution is -0.384. The molecule has 8 heteroatoms. The van der Waals surface area contributed by atoms with Crippen molar-refractivity contribution in [2.75, 3.05) is 11.9 Å². The quantitative estimate of drug-likeness (QED) is 0.621. The van der Waals surface area contributed by atoms with Crippen LogP contribution in [0.2, 0.25) is 10.0 Å². The predicted octanol–water partition coefficient (Wildman–Crippen LogP) is 4.27. The van der Waals surface area contributed by atoms with Gasteiger partial charge in [0, 0.05) is 23.7 Å². The molecule has 6 nitrogen and oxygen atoms in total. The molecule has 0 radical (unpaired) electrons. The maximum absolute atomic E-state index is 11.8. The minimum absolute atomic E-state index is 0.147. The van der Waals surface area contributed by atoms with Crippen molar-refractivity contribution in [2.45, 2.75) is 6.42 Å². The number of anilines is 1. The Morgan fingerprint density at radius 1 is 1.13 bits per heavy atom. The van der Waals surface area contributed by atoms with Gasteiger partial charge in [0.25, 0.3) is 5.69 Å². The lowest BCUT2D eigenvalue weighted by Crippen LogP contribution is -2.30. The number of hydrogen-bond donors (Lipinski definition) is 2. The van der Waals surface area contributed by atoms with Crippen molar-refractivity contribution >= 4 is 40.6 Å². The number of nitrogens with one attached hydrogen (secondary N) is 2. The fourth-order valence-electron chi connectivity index (χ4n) is 1.86. The Hall–Kier alpha value is -2.31. The summed E-state index contributed by atoms with van der Waals surface area (Å²) in [6.07, 6.45) is 0.632. The molecule has 0 fully saturated rings. The number of rotatable bonds is 5. The zero-order chi connectivity index (χ0) is 16.8. The number of carbonyl (C=O) groups is 1. The summed E-state index contributed by atoms with van der Waals surface area (Å²) < 4.78 is 0. The molecular weight excluding hydrogens is 341 g/mol. The first-order chi connectivity index (χ1) is 11.0. The van der Waals surface area contributed by atoms with Crippen LogP contribution in [-0.4, -0.2) is 17.5 Å². The van der Waals surface area contributed by atoms with Gasteiger partial charge in [0.15, 0.2) is 0 Å². The first-order valence-corrected chi connectivity index (χ1v) is 7.44. The number of halogens is 2. The number of carbonyl (C=O) groups excluding carboxylic acids is 1. The van der Waals surface area contributed by atoms with E-state index < -0.39 is 11.0 Å². The number of nitrogens with zero attached hydrogens (tertiary/aromatic N) is 1. The number of urea groups is 1. The van der Waals surface area contributed by atoms with Crippen molar-refractivity contribution < 1.29 is 9.72 Å². The topological polar surface area (TPSA) is 84.3 Å². The number of hydrogen-bond acceptors (Lipinski definition) is 3. The van der Waals surface area contributed by atoms with Gasteiger partial charge in [-0.05, 0) is 30.2 Å². The zero-order valence-electron chi connectivity index (χ0n) is 11.9. The van der Waals surface area contributed by atoms with E-state index in [1.807, 2.05) is 12.1 Å². The molecule has 0 aliphatic carbocycles. The second-order valence-electron chi connectivity index (χ2n) is 4.68. The van der Waals surface area contributed by atoms with Gasteiger partial charge in [-0.1, -0.05) is 35.3 Å². The van der Waals surface area contributed by atoms with Gasteiger partial charge in [-0.3, -0.25) is 10.1 Å². The number of nitro benzene ring substituents is 1. The summed E-state index contributed by atoms with van der Waals surface area (Å²) >= 11 is 11.7. The van der Waals surface area contributed by atoms with Crippen LogP contribution >= 0.6 is 23.2 Å². The Labute approximate surface area is 142 Å². The summed E-state index contributed by atoms with van der Waals surface area (Å²) in [4.78, 5) is 22.0. The van der Waals surface area contributed by atoms with E-state index in [0.717, 1.165) is 5.56 Å². The van der Waals surface area contributed by atoms with Crippen LogP contribution in [0.1, 0.15) is 5.56 Å². The third-order valence-corrected chi connectivity index (χ3v) is 3.60. The monoisotopic (exact) mass is 353 g/mol. The van der Waals surface area contributed by atoms with Gasteiger partial charge >= 0.3 is 6.03 Å². The van der Waals surface area contributed by atoms with Crippen molar-refractivity contribution in [1.29, 1.82) is 0 Å². The Bertz CT molecular complexity index is 720. The SMILES string of the molecule is O=C(NCCc1ccc(Cl)cc1)Nc1cc([N+](=O)[O-])ccc1Cl.